The van der Waals surface area contributed by atoms with Crippen molar-refractivity contribution >= 4 is 17.7 Å². The molecule has 1 aliphatic rings. The summed E-state index contributed by atoms with van der Waals surface area (Å²) in [6, 6.07) is 0. The standard InChI is InChI=1S/C14H19N3O3/c1-4-6-17-8-10(7-12(17)18)13(19)15-14-9(3)11(5-2)16-20-14/h4,10H,1,5-8H2,2-3H3,(H,15,19). The quantitative estimate of drug-likeness (QED) is 0.828. The number of carbonyl (C=O) groups excluding carboxylic acids is 2. The van der Waals surface area contributed by atoms with Gasteiger partial charge in [0.2, 0.25) is 17.7 Å². The molecule has 108 valence electrons. The van der Waals surface area contributed by atoms with E-state index in [0.717, 1.165) is 17.7 Å². The maximum absolute atomic E-state index is 12.2. The lowest BCUT2D eigenvalue weighted by atomic mass is 10.1. The van der Waals surface area contributed by atoms with Crippen LogP contribution in [0, 0.1) is 12.8 Å². The van der Waals surface area contributed by atoms with Crippen LogP contribution in [0.15, 0.2) is 17.2 Å². The molecule has 1 unspecified atom stereocenters. The Kier molecular flexibility index (Phi) is 4.22. The van der Waals surface area contributed by atoms with Crippen molar-refractivity contribution in [1.29, 1.82) is 0 Å². The number of nitrogens with zero attached hydrogens (tertiary/aromatic N) is 2. The number of amides is 2. The van der Waals surface area contributed by atoms with Crippen molar-refractivity contribution < 1.29 is 14.1 Å². The first-order valence-electron chi connectivity index (χ1n) is 6.71. The van der Waals surface area contributed by atoms with Crippen LogP contribution < -0.4 is 5.32 Å². The maximum Gasteiger partial charge on any atom is 0.234 e. The van der Waals surface area contributed by atoms with Crippen molar-refractivity contribution in [3.63, 3.8) is 0 Å². The van der Waals surface area contributed by atoms with Crippen LogP contribution in [0.4, 0.5) is 5.88 Å². The van der Waals surface area contributed by atoms with Gasteiger partial charge in [0.25, 0.3) is 0 Å². The van der Waals surface area contributed by atoms with Gasteiger partial charge in [-0.1, -0.05) is 18.2 Å². The summed E-state index contributed by atoms with van der Waals surface area (Å²) < 4.78 is 5.12. The topological polar surface area (TPSA) is 75.4 Å². The molecule has 0 aromatic carbocycles. The lowest BCUT2D eigenvalue weighted by Crippen LogP contribution is -2.28. The highest BCUT2D eigenvalue weighted by Gasteiger charge is 2.34. The van der Waals surface area contributed by atoms with Crippen LogP contribution >= 0.6 is 0 Å². The van der Waals surface area contributed by atoms with E-state index in [2.05, 4.69) is 17.1 Å². The second-order valence-corrected chi connectivity index (χ2v) is 4.91. The van der Waals surface area contributed by atoms with E-state index in [9.17, 15) is 9.59 Å². The molecule has 2 rings (SSSR count). The zero-order valence-corrected chi connectivity index (χ0v) is 11.8. The molecule has 0 aliphatic carbocycles. The summed E-state index contributed by atoms with van der Waals surface area (Å²) in [7, 11) is 0. The number of rotatable bonds is 5. The number of carbonyl (C=O) groups is 2. The third-order valence-corrected chi connectivity index (χ3v) is 3.53. The van der Waals surface area contributed by atoms with Gasteiger partial charge in [-0.15, -0.1) is 6.58 Å². The number of hydrogen-bond acceptors (Lipinski definition) is 4. The van der Waals surface area contributed by atoms with Gasteiger partial charge in [0.15, 0.2) is 0 Å². The van der Waals surface area contributed by atoms with Crippen LogP contribution in [-0.2, 0) is 16.0 Å². The van der Waals surface area contributed by atoms with E-state index in [4.69, 9.17) is 4.52 Å². The minimum Gasteiger partial charge on any atom is -0.338 e. The smallest absolute Gasteiger partial charge is 0.234 e. The zero-order chi connectivity index (χ0) is 14.7. The van der Waals surface area contributed by atoms with Gasteiger partial charge in [0.1, 0.15) is 0 Å². The first kappa shape index (κ1) is 14.3. The van der Waals surface area contributed by atoms with Crippen molar-refractivity contribution in [1.82, 2.24) is 10.1 Å². The molecule has 1 atom stereocenters. The lowest BCUT2D eigenvalue weighted by molar-refractivity contribution is -0.127. The van der Waals surface area contributed by atoms with Gasteiger partial charge in [-0.2, -0.15) is 0 Å². The predicted molar refractivity (Wildman–Crippen MR) is 74.1 cm³/mol. The minimum atomic E-state index is -0.350. The number of hydrogen-bond donors (Lipinski definition) is 1. The van der Waals surface area contributed by atoms with E-state index in [1.807, 2.05) is 13.8 Å². The molecule has 1 aliphatic heterocycles. The Morgan fingerprint density at radius 1 is 1.65 bits per heavy atom. The number of aryl methyl sites for hydroxylation is 1. The summed E-state index contributed by atoms with van der Waals surface area (Å²) >= 11 is 0. The highest BCUT2D eigenvalue weighted by molar-refractivity contribution is 5.96. The molecule has 20 heavy (non-hydrogen) atoms. The van der Waals surface area contributed by atoms with Gasteiger partial charge >= 0.3 is 0 Å². The molecule has 2 heterocycles. The lowest BCUT2D eigenvalue weighted by Gasteiger charge is -2.13. The van der Waals surface area contributed by atoms with Gasteiger partial charge in [0.05, 0.1) is 11.6 Å². The van der Waals surface area contributed by atoms with Gasteiger partial charge in [0, 0.05) is 25.1 Å². The normalized spacial score (nSPS) is 18.4. The van der Waals surface area contributed by atoms with Crippen LogP contribution in [0.2, 0.25) is 0 Å². The third-order valence-electron chi connectivity index (χ3n) is 3.53. The Morgan fingerprint density at radius 3 is 3.00 bits per heavy atom. The Bertz CT molecular complexity index is 536. The molecule has 1 saturated heterocycles. The van der Waals surface area contributed by atoms with E-state index in [-0.39, 0.29) is 24.2 Å². The van der Waals surface area contributed by atoms with E-state index >= 15 is 0 Å². The van der Waals surface area contributed by atoms with Crippen molar-refractivity contribution in [3.8, 4) is 0 Å². The van der Waals surface area contributed by atoms with E-state index in [0.29, 0.717) is 19.0 Å². The second-order valence-electron chi connectivity index (χ2n) is 4.91. The largest absolute Gasteiger partial charge is 0.338 e. The molecule has 2 amide bonds. The molecule has 1 aromatic heterocycles. The fourth-order valence-electron chi connectivity index (χ4n) is 2.31. The van der Waals surface area contributed by atoms with Crippen LogP contribution in [0.5, 0.6) is 0 Å². The Hall–Kier alpha value is -2.11. The fraction of sp³-hybridized carbons (Fsp3) is 0.500. The number of nitrogens with one attached hydrogen (secondary N) is 1. The molecule has 0 radical (unpaired) electrons. The summed E-state index contributed by atoms with van der Waals surface area (Å²) in [4.78, 5) is 25.5. The summed E-state index contributed by atoms with van der Waals surface area (Å²) in [5.41, 5.74) is 1.67. The van der Waals surface area contributed by atoms with E-state index in [1.54, 1.807) is 11.0 Å². The average molecular weight is 277 g/mol. The van der Waals surface area contributed by atoms with E-state index in [1.165, 1.54) is 0 Å². The van der Waals surface area contributed by atoms with Crippen molar-refractivity contribution in [3.05, 3.63) is 23.9 Å². The van der Waals surface area contributed by atoms with Crippen LogP contribution in [-0.4, -0.2) is 35.0 Å². The summed E-state index contributed by atoms with van der Waals surface area (Å²) in [6.07, 6.45) is 2.64. The molecule has 0 bridgehead atoms. The van der Waals surface area contributed by atoms with Crippen molar-refractivity contribution in [2.45, 2.75) is 26.7 Å². The third kappa shape index (κ3) is 2.74. The van der Waals surface area contributed by atoms with Gasteiger partial charge in [-0.3, -0.25) is 14.9 Å². The summed E-state index contributed by atoms with van der Waals surface area (Å²) in [5.74, 6) is -0.195. The average Bonchev–Trinajstić information content (AvgIpc) is 2.95. The first-order valence-corrected chi connectivity index (χ1v) is 6.71. The van der Waals surface area contributed by atoms with Gasteiger partial charge in [-0.25, -0.2) is 0 Å². The molecule has 1 fully saturated rings. The maximum atomic E-state index is 12.2. The predicted octanol–water partition coefficient (Wildman–Crippen LogP) is 1.52. The monoisotopic (exact) mass is 277 g/mol. The van der Waals surface area contributed by atoms with Gasteiger partial charge < -0.3 is 9.42 Å². The molecule has 0 saturated carbocycles. The highest BCUT2D eigenvalue weighted by Crippen LogP contribution is 2.23. The molecule has 6 nitrogen and oxygen atoms in total. The number of anilines is 1. The Labute approximate surface area is 117 Å². The molecule has 1 aromatic rings. The Balaban J connectivity index is 2.00. The second kappa shape index (κ2) is 5.90. The summed E-state index contributed by atoms with van der Waals surface area (Å²) in [5, 5.41) is 6.61. The molecular weight excluding hydrogens is 258 g/mol. The van der Waals surface area contributed by atoms with Crippen molar-refractivity contribution in [2.24, 2.45) is 5.92 Å². The first-order chi connectivity index (χ1) is 9.56. The van der Waals surface area contributed by atoms with Crippen molar-refractivity contribution in [2.75, 3.05) is 18.4 Å². The van der Waals surface area contributed by atoms with Crippen LogP contribution in [0.3, 0.4) is 0 Å². The van der Waals surface area contributed by atoms with Gasteiger partial charge in [-0.05, 0) is 13.3 Å². The molecular formula is C14H19N3O3. The molecule has 0 spiro atoms. The van der Waals surface area contributed by atoms with E-state index < -0.39 is 0 Å². The van der Waals surface area contributed by atoms with Crippen LogP contribution in [0.25, 0.3) is 0 Å². The fourth-order valence-corrected chi connectivity index (χ4v) is 2.31. The number of likely N-dealkylation sites (tertiary alicyclic amines) is 1. The number of aromatic nitrogens is 1. The zero-order valence-electron chi connectivity index (χ0n) is 11.8. The summed E-state index contributed by atoms with van der Waals surface area (Å²) in [6.45, 7) is 8.33. The minimum absolute atomic E-state index is 0.0198. The SMILES string of the molecule is C=CCN1CC(C(=O)Nc2onc(CC)c2C)CC1=O. The Morgan fingerprint density at radius 2 is 2.40 bits per heavy atom. The molecule has 1 N–H and O–H groups in total. The molecule has 6 heteroatoms. The highest BCUT2D eigenvalue weighted by atomic mass is 16.5. The van der Waals surface area contributed by atoms with Crippen LogP contribution in [0.1, 0.15) is 24.6 Å².